The number of aliphatic hydroxyl groups is 1. The molecule has 0 saturated carbocycles. The van der Waals surface area contributed by atoms with Gasteiger partial charge in [0.25, 0.3) is 5.78 Å². The summed E-state index contributed by atoms with van der Waals surface area (Å²) in [5.74, 6) is -3.97. The first-order valence-corrected chi connectivity index (χ1v) is 10.5. The maximum atomic E-state index is 13.7. The van der Waals surface area contributed by atoms with E-state index in [0.717, 1.165) is 28.4 Å². The van der Waals surface area contributed by atoms with Crippen molar-refractivity contribution in [3.63, 3.8) is 0 Å². The average molecular weight is 466 g/mol. The second kappa shape index (κ2) is 7.86. The minimum absolute atomic E-state index is 0.116. The molecular weight excluding hydrogens is 453 g/mol. The van der Waals surface area contributed by atoms with Crippen LogP contribution in [-0.4, -0.2) is 21.8 Å². The molecule has 1 atom stereocenters. The molecule has 1 N–H and O–H groups in total. The van der Waals surface area contributed by atoms with E-state index in [9.17, 15) is 27.9 Å². The third-order valence-electron chi connectivity index (χ3n) is 5.29. The zero-order chi connectivity index (χ0) is 23.3. The Morgan fingerprint density at radius 3 is 2.15 bits per heavy atom. The maximum absolute atomic E-state index is 13.7. The summed E-state index contributed by atoms with van der Waals surface area (Å²) in [6, 6.07) is 12.7. The number of thiazole rings is 1. The van der Waals surface area contributed by atoms with Crippen molar-refractivity contribution in [2.45, 2.75) is 6.04 Å². The summed E-state index contributed by atoms with van der Waals surface area (Å²) in [5, 5.41) is 11.1. The lowest BCUT2D eigenvalue weighted by molar-refractivity contribution is -0.132. The third-order valence-corrected chi connectivity index (χ3v) is 6.31. The zero-order valence-electron chi connectivity index (χ0n) is 16.6. The van der Waals surface area contributed by atoms with Crippen LogP contribution >= 0.6 is 11.3 Å². The molecule has 2 heterocycles. The molecule has 1 aliphatic rings. The number of hydrogen-bond acceptors (Lipinski definition) is 5. The highest BCUT2D eigenvalue weighted by Crippen LogP contribution is 2.44. The number of benzene rings is 3. The van der Waals surface area contributed by atoms with E-state index in [2.05, 4.69) is 4.98 Å². The first-order chi connectivity index (χ1) is 15.8. The van der Waals surface area contributed by atoms with Crippen molar-refractivity contribution in [2.24, 2.45) is 0 Å². The number of halogens is 3. The van der Waals surface area contributed by atoms with Gasteiger partial charge in [-0.25, -0.2) is 18.2 Å². The van der Waals surface area contributed by atoms with E-state index in [-0.39, 0.29) is 16.3 Å². The van der Waals surface area contributed by atoms with Gasteiger partial charge in [-0.1, -0.05) is 23.5 Å². The minimum Gasteiger partial charge on any atom is -0.507 e. The van der Waals surface area contributed by atoms with Gasteiger partial charge in [-0.05, 0) is 60.2 Å². The molecule has 1 aromatic heterocycles. The lowest BCUT2D eigenvalue weighted by Crippen LogP contribution is -2.29. The van der Waals surface area contributed by atoms with Gasteiger partial charge in [0.2, 0.25) is 0 Å². The van der Waals surface area contributed by atoms with Crippen LogP contribution in [0.2, 0.25) is 0 Å². The fourth-order valence-corrected chi connectivity index (χ4v) is 4.76. The minimum atomic E-state index is -1.12. The molecule has 0 radical (unpaired) electrons. The molecular formula is C24H13F3N2O3S. The molecule has 33 heavy (non-hydrogen) atoms. The number of Topliss-reactive ketones (excluding diaryl/α,β-unsaturated/α-hetero) is 1. The molecule has 0 unspecified atom stereocenters. The fraction of sp³-hybridized carbons (Fsp3) is 0.0417. The van der Waals surface area contributed by atoms with Gasteiger partial charge < -0.3 is 5.11 Å². The van der Waals surface area contributed by atoms with Gasteiger partial charge in [0, 0.05) is 5.56 Å². The summed E-state index contributed by atoms with van der Waals surface area (Å²) >= 11 is 1.00. The molecule has 0 bridgehead atoms. The Morgan fingerprint density at radius 1 is 0.879 bits per heavy atom. The molecule has 3 aromatic carbocycles. The lowest BCUT2D eigenvalue weighted by Gasteiger charge is -2.23. The summed E-state index contributed by atoms with van der Waals surface area (Å²) in [6.07, 6.45) is 0. The second-order valence-corrected chi connectivity index (χ2v) is 8.35. The maximum Gasteiger partial charge on any atom is 0.301 e. The molecule has 5 nitrogen and oxygen atoms in total. The third kappa shape index (κ3) is 3.56. The molecule has 0 spiro atoms. The van der Waals surface area contributed by atoms with E-state index in [1.165, 1.54) is 54.6 Å². The van der Waals surface area contributed by atoms with E-state index < -0.39 is 40.9 Å². The van der Waals surface area contributed by atoms with Gasteiger partial charge in [-0.15, -0.1) is 0 Å². The standard InChI is InChI=1S/C24H13F3N2O3S/c25-14-5-1-12(2-6-14)20-19(21(30)13-3-7-15(26)8-4-13)22(31)23(32)29(20)24-28-17-10-9-16(27)11-18(17)33-24/h1-11,20,30H/b21-19+/t20-/m1/s1. The van der Waals surface area contributed by atoms with Crippen LogP contribution < -0.4 is 4.90 Å². The first-order valence-electron chi connectivity index (χ1n) is 9.72. The number of amides is 1. The number of hydrogen-bond donors (Lipinski definition) is 1. The van der Waals surface area contributed by atoms with Crippen LogP contribution in [0.15, 0.2) is 72.3 Å². The van der Waals surface area contributed by atoms with E-state index in [4.69, 9.17) is 0 Å². The van der Waals surface area contributed by atoms with Crippen molar-refractivity contribution >= 4 is 44.1 Å². The van der Waals surface area contributed by atoms with Crippen LogP contribution in [-0.2, 0) is 9.59 Å². The van der Waals surface area contributed by atoms with Crippen LogP contribution in [0.5, 0.6) is 0 Å². The van der Waals surface area contributed by atoms with Crippen molar-refractivity contribution in [2.75, 3.05) is 4.90 Å². The highest BCUT2D eigenvalue weighted by Gasteiger charge is 2.48. The SMILES string of the molecule is O=C1C(=O)N(c2nc3ccc(F)cc3s2)[C@H](c2ccc(F)cc2)/C1=C(\O)c1ccc(F)cc1. The van der Waals surface area contributed by atoms with Gasteiger partial charge >= 0.3 is 5.91 Å². The van der Waals surface area contributed by atoms with E-state index in [1.54, 1.807) is 0 Å². The van der Waals surface area contributed by atoms with Crippen LogP contribution in [0.25, 0.3) is 16.0 Å². The number of carbonyl (C=O) groups excluding carboxylic acids is 2. The second-order valence-electron chi connectivity index (χ2n) is 7.34. The largest absolute Gasteiger partial charge is 0.507 e. The predicted molar refractivity (Wildman–Crippen MR) is 117 cm³/mol. The number of ketones is 1. The normalized spacial score (nSPS) is 17.8. The fourth-order valence-electron chi connectivity index (χ4n) is 3.74. The molecule has 1 amide bonds. The molecule has 1 fully saturated rings. The molecule has 5 rings (SSSR count). The van der Waals surface area contributed by atoms with Crippen LogP contribution in [0.3, 0.4) is 0 Å². The van der Waals surface area contributed by atoms with Crippen LogP contribution in [0.4, 0.5) is 18.3 Å². The zero-order valence-corrected chi connectivity index (χ0v) is 17.4. The smallest absolute Gasteiger partial charge is 0.301 e. The molecule has 1 aliphatic heterocycles. The number of anilines is 1. The van der Waals surface area contributed by atoms with Crippen molar-refractivity contribution < 1.29 is 27.9 Å². The first kappa shape index (κ1) is 20.9. The lowest BCUT2D eigenvalue weighted by atomic mass is 9.95. The number of rotatable bonds is 3. The Balaban J connectivity index is 1.73. The van der Waals surface area contributed by atoms with E-state index >= 15 is 0 Å². The van der Waals surface area contributed by atoms with E-state index in [0.29, 0.717) is 15.8 Å². The number of aliphatic hydroxyl groups excluding tert-OH is 1. The van der Waals surface area contributed by atoms with Gasteiger partial charge in [0.1, 0.15) is 23.2 Å². The highest BCUT2D eigenvalue weighted by molar-refractivity contribution is 7.22. The van der Waals surface area contributed by atoms with E-state index in [1.807, 2.05) is 0 Å². The summed E-state index contributed by atoms with van der Waals surface area (Å²) in [4.78, 5) is 31.6. The van der Waals surface area contributed by atoms with Gasteiger partial charge in [-0.3, -0.25) is 14.5 Å². The van der Waals surface area contributed by atoms with Crippen molar-refractivity contribution in [3.8, 4) is 0 Å². The summed E-state index contributed by atoms with van der Waals surface area (Å²) in [6.45, 7) is 0. The Hall–Kier alpha value is -3.98. The summed E-state index contributed by atoms with van der Waals surface area (Å²) in [7, 11) is 0. The van der Waals surface area contributed by atoms with Gasteiger partial charge in [-0.2, -0.15) is 0 Å². The highest BCUT2D eigenvalue weighted by atomic mass is 32.1. The van der Waals surface area contributed by atoms with Crippen LogP contribution in [0.1, 0.15) is 17.2 Å². The Bertz CT molecular complexity index is 1450. The number of carbonyl (C=O) groups is 2. The van der Waals surface area contributed by atoms with Crippen molar-refractivity contribution in [3.05, 3.63) is 101 Å². The molecule has 4 aromatic rings. The molecule has 1 saturated heterocycles. The Labute approximate surface area is 189 Å². The number of fused-ring (bicyclic) bond motifs is 1. The average Bonchev–Trinajstić information content (AvgIpc) is 3.32. The Kier molecular flexibility index (Phi) is 4.98. The molecule has 9 heteroatoms. The number of aromatic nitrogens is 1. The summed E-state index contributed by atoms with van der Waals surface area (Å²) in [5.41, 5.74) is 0.663. The monoisotopic (exact) mass is 466 g/mol. The predicted octanol–water partition coefficient (Wildman–Crippen LogP) is 5.34. The number of nitrogens with zero attached hydrogens (tertiary/aromatic N) is 2. The van der Waals surface area contributed by atoms with Crippen molar-refractivity contribution in [1.29, 1.82) is 0 Å². The quantitative estimate of drug-likeness (QED) is 0.251. The van der Waals surface area contributed by atoms with Gasteiger partial charge in [0.15, 0.2) is 5.13 Å². The Morgan fingerprint density at radius 2 is 1.48 bits per heavy atom. The van der Waals surface area contributed by atoms with Crippen LogP contribution in [0, 0.1) is 17.5 Å². The van der Waals surface area contributed by atoms with Crippen molar-refractivity contribution in [1.82, 2.24) is 4.98 Å². The molecule has 164 valence electrons. The van der Waals surface area contributed by atoms with Gasteiger partial charge in [0.05, 0.1) is 21.8 Å². The molecule has 0 aliphatic carbocycles. The topological polar surface area (TPSA) is 70.5 Å². The summed E-state index contributed by atoms with van der Waals surface area (Å²) < 4.78 is 41.1.